The van der Waals surface area contributed by atoms with Crippen molar-refractivity contribution in [3.05, 3.63) is 0 Å². The molecule has 0 radical (unpaired) electrons. The first-order valence-electron chi connectivity index (χ1n) is 10.2. The number of esters is 1. The lowest BCUT2D eigenvalue weighted by Gasteiger charge is -2.36. The molecule has 0 amide bonds. The Morgan fingerprint density at radius 1 is 0.870 bits per heavy atom. The van der Waals surface area contributed by atoms with Gasteiger partial charge in [0.2, 0.25) is 0 Å². The maximum Gasteiger partial charge on any atom is 0.309 e. The number of ether oxygens (including phenoxy) is 1. The molecule has 23 heavy (non-hydrogen) atoms. The third-order valence-corrected chi connectivity index (χ3v) is 6.30. The molecule has 0 saturated heterocycles. The van der Waals surface area contributed by atoms with Crippen LogP contribution in [0.15, 0.2) is 0 Å². The van der Waals surface area contributed by atoms with Crippen LogP contribution in [0.25, 0.3) is 0 Å². The van der Waals surface area contributed by atoms with Gasteiger partial charge in [0, 0.05) is 0 Å². The Kier molecular flexibility index (Phi) is 7.43. The average molecular weight is 323 g/mol. The minimum absolute atomic E-state index is 0.0805. The summed E-state index contributed by atoms with van der Waals surface area (Å²) >= 11 is 0. The number of rotatable bonds is 6. The lowest BCUT2D eigenvalue weighted by molar-refractivity contribution is -0.155. The molecule has 0 N–H and O–H groups in total. The molecule has 0 bridgehead atoms. The van der Waals surface area contributed by atoms with Gasteiger partial charge >= 0.3 is 5.97 Å². The predicted molar refractivity (Wildman–Crippen MR) is 96.2 cm³/mol. The molecule has 0 aromatic rings. The fourth-order valence-electron chi connectivity index (χ4n) is 4.51. The van der Waals surface area contributed by atoms with Gasteiger partial charge in [0.15, 0.2) is 0 Å². The topological polar surface area (TPSA) is 26.3 Å². The molecule has 0 aromatic carbocycles. The first-order valence-corrected chi connectivity index (χ1v) is 10.2. The molecule has 2 rings (SSSR count). The molecule has 2 fully saturated rings. The van der Waals surface area contributed by atoms with Crippen LogP contribution in [0.1, 0.15) is 91.9 Å². The number of hydrogen-bond acceptors (Lipinski definition) is 2. The van der Waals surface area contributed by atoms with Gasteiger partial charge in [-0.15, -0.1) is 0 Å². The highest BCUT2D eigenvalue weighted by Crippen LogP contribution is 2.41. The van der Waals surface area contributed by atoms with Gasteiger partial charge in [-0.05, 0) is 82.0 Å². The van der Waals surface area contributed by atoms with E-state index in [0.717, 1.165) is 43.4 Å². The SMILES string of the molecule is CC(C)CCC(C)OC(=O)C1CCC(C2CCC(C)CC2)CC1. The molecular formula is C21H38O2. The zero-order chi connectivity index (χ0) is 16.8. The third-order valence-electron chi connectivity index (χ3n) is 6.30. The van der Waals surface area contributed by atoms with Crippen LogP contribution in [-0.4, -0.2) is 12.1 Å². The molecule has 1 atom stereocenters. The van der Waals surface area contributed by atoms with E-state index in [1.165, 1.54) is 38.5 Å². The molecule has 2 nitrogen and oxygen atoms in total. The van der Waals surface area contributed by atoms with Crippen LogP contribution >= 0.6 is 0 Å². The summed E-state index contributed by atoms with van der Waals surface area (Å²) in [5, 5.41) is 0. The summed E-state index contributed by atoms with van der Waals surface area (Å²) in [5.41, 5.74) is 0. The van der Waals surface area contributed by atoms with E-state index >= 15 is 0 Å². The molecule has 1 unspecified atom stereocenters. The Morgan fingerprint density at radius 2 is 1.39 bits per heavy atom. The Balaban J connectivity index is 1.68. The molecule has 0 aromatic heterocycles. The van der Waals surface area contributed by atoms with Gasteiger partial charge in [-0.1, -0.05) is 33.6 Å². The quantitative estimate of drug-likeness (QED) is 0.562. The van der Waals surface area contributed by atoms with Gasteiger partial charge in [0.25, 0.3) is 0 Å². The zero-order valence-electron chi connectivity index (χ0n) is 15.9. The van der Waals surface area contributed by atoms with Crippen LogP contribution in [0.2, 0.25) is 0 Å². The third kappa shape index (κ3) is 6.12. The molecule has 2 aliphatic rings. The van der Waals surface area contributed by atoms with Gasteiger partial charge in [0.05, 0.1) is 12.0 Å². The summed E-state index contributed by atoms with van der Waals surface area (Å²) in [6.07, 6.45) is 12.5. The van der Waals surface area contributed by atoms with Crippen LogP contribution in [-0.2, 0) is 9.53 Å². The van der Waals surface area contributed by atoms with Crippen molar-refractivity contribution >= 4 is 5.97 Å². The smallest absolute Gasteiger partial charge is 0.309 e. The summed E-state index contributed by atoms with van der Waals surface area (Å²) in [4.78, 5) is 12.4. The lowest BCUT2D eigenvalue weighted by atomic mass is 9.69. The molecule has 0 heterocycles. The van der Waals surface area contributed by atoms with Crippen molar-refractivity contribution in [2.45, 2.75) is 98.0 Å². The first-order chi connectivity index (χ1) is 11.0. The Bertz CT molecular complexity index is 347. The van der Waals surface area contributed by atoms with Crippen LogP contribution in [0, 0.1) is 29.6 Å². The summed E-state index contributed by atoms with van der Waals surface area (Å²) in [6, 6.07) is 0. The van der Waals surface area contributed by atoms with Crippen molar-refractivity contribution in [2.75, 3.05) is 0 Å². The largest absolute Gasteiger partial charge is 0.462 e. The molecule has 2 heteroatoms. The number of hydrogen-bond donors (Lipinski definition) is 0. The van der Waals surface area contributed by atoms with E-state index in [0.29, 0.717) is 5.92 Å². The van der Waals surface area contributed by atoms with Crippen molar-refractivity contribution in [1.82, 2.24) is 0 Å². The summed E-state index contributed by atoms with van der Waals surface area (Å²) in [6.45, 7) is 8.89. The van der Waals surface area contributed by atoms with Crippen molar-refractivity contribution in [1.29, 1.82) is 0 Å². The van der Waals surface area contributed by atoms with E-state index in [-0.39, 0.29) is 18.0 Å². The second kappa shape index (κ2) is 9.08. The van der Waals surface area contributed by atoms with Crippen molar-refractivity contribution in [2.24, 2.45) is 29.6 Å². The van der Waals surface area contributed by atoms with Crippen LogP contribution in [0.5, 0.6) is 0 Å². The normalized spacial score (nSPS) is 33.4. The lowest BCUT2D eigenvalue weighted by Crippen LogP contribution is -2.30. The van der Waals surface area contributed by atoms with E-state index in [2.05, 4.69) is 27.7 Å². The molecule has 0 aliphatic heterocycles. The van der Waals surface area contributed by atoms with E-state index in [1.54, 1.807) is 0 Å². The maximum absolute atomic E-state index is 12.4. The first kappa shape index (κ1) is 18.8. The number of carbonyl (C=O) groups excluding carboxylic acids is 1. The second-order valence-electron chi connectivity index (χ2n) is 8.85. The van der Waals surface area contributed by atoms with Crippen molar-refractivity contribution in [3.8, 4) is 0 Å². The monoisotopic (exact) mass is 322 g/mol. The standard InChI is InChI=1S/C21H38O2/c1-15(2)5-8-17(4)23-21(22)20-13-11-19(12-14-20)18-9-6-16(3)7-10-18/h15-20H,5-14H2,1-4H3. The van der Waals surface area contributed by atoms with Gasteiger partial charge in [-0.2, -0.15) is 0 Å². The van der Waals surface area contributed by atoms with E-state index in [9.17, 15) is 4.79 Å². The predicted octanol–water partition coefficient (Wildman–Crippen LogP) is 5.99. The maximum atomic E-state index is 12.4. The van der Waals surface area contributed by atoms with E-state index in [4.69, 9.17) is 4.74 Å². The Hall–Kier alpha value is -0.530. The van der Waals surface area contributed by atoms with Gasteiger partial charge in [-0.25, -0.2) is 0 Å². The molecular weight excluding hydrogens is 284 g/mol. The molecule has 2 aliphatic carbocycles. The minimum atomic E-state index is 0.0805. The highest BCUT2D eigenvalue weighted by atomic mass is 16.5. The minimum Gasteiger partial charge on any atom is -0.462 e. The van der Waals surface area contributed by atoms with Gasteiger partial charge in [0.1, 0.15) is 0 Å². The Labute approximate surface area is 143 Å². The van der Waals surface area contributed by atoms with Gasteiger partial charge < -0.3 is 4.74 Å². The highest BCUT2D eigenvalue weighted by molar-refractivity contribution is 5.72. The Morgan fingerprint density at radius 3 is 1.91 bits per heavy atom. The van der Waals surface area contributed by atoms with Crippen LogP contribution < -0.4 is 0 Å². The van der Waals surface area contributed by atoms with Crippen LogP contribution in [0.3, 0.4) is 0 Å². The molecule has 0 spiro atoms. The molecule has 2 saturated carbocycles. The summed E-state index contributed by atoms with van der Waals surface area (Å²) < 4.78 is 5.70. The second-order valence-corrected chi connectivity index (χ2v) is 8.85. The zero-order valence-corrected chi connectivity index (χ0v) is 15.9. The average Bonchev–Trinajstić information content (AvgIpc) is 2.54. The van der Waals surface area contributed by atoms with Crippen LogP contribution in [0.4, 0.5) is 0 Å². The van der Waals surface area contributed by atoms with Gasteiger partial charge in [-0.3, -0.25) is 4.79 Å². The van der Waals surface area contributed by atoms with Crippen molar-refractivity contribution in [3.63, 3.8) is 0 Å². The fourth-order valence-corrected chi connectivity index (χ4v) is 4.51. The highest BCUT2D eigenvalue weighted by Gasteiger charge is 2.33. The van der Waals surface area contributed by atoms with E-state index < -0.39 is 0 Å². The molecule has 134 valence electrons. The number of carbonyl (C=O) groups is 1. The summed E-state index contributed by atoms with van der Waals surface area (Å²) in [7, 11) is 0. The fraction of sp³-hybridized carbons (Fsp3) is 0.952. The van der Waals surface area contributed by atoms with E-state index in [1.807, 2.05) is 0 Å². The van der Waals surface area contributed by atoms with Crippen molar-refractivity contribution < 1.29 is 9.53 Å². The summed E-state index contributed by atoms with van der Waals surface area (Å²) in [5.74, 6) is 3.69.